The van der Waals surface area contributed by atoms with Crippen LogP contribution in [-0.4, -0.2) is 39.5 Å². The highest BCUT2D eigenvalue weighted by atomic mass is 32.2. The molecule has 1 fully saturated rings. The molecule has 0 aliphatic carbocycles. The molecule has 0 amide bonds. The third-order valence-corrected chi connectivity index (χ3v) is 5.27. The fraction of sp³-hybridized carbons (Fsp3) is 0.538. The molecule has 0 saturated carbocycles. The third-order valence-electron chi connectivity index (χ3n) is 3.82. The number of nitrogens with zero attached hydrogens (tertiary/aromatic N) is 1. The Kier molecular flexibility index (Phi) is 4.92. The van der Waals surface area contributed by atoms with Gasteiger partial charge in [-0.15, -0.1) is 0 Å². The molecule has 1 aliphatic heterocycles. The van der Waals surface area contributed by atoms with Crippen LogP contribution in [0.3, 0.4) is 0 Å². The predicted molar refractivity (Wildman–Crippen MR) is 75.1 cm³/mol. The fourth-order valence-corrected chi connectivity index (χ4v) is 3.67. The average Bonchev–Trinajstić information content (AvgIpc) is 2.82. The molecule has 5 nitrogen and oxygen atoms in total. The molecule has 1 aromatic carbocycles. The van der Waals surface area contributed by atoms with E-state index >= 15 is 0 Å². The zero-order valence-corrected chi connectivity index (χ0v) is 12.6. The van der Waals surface area contributed by atoms with Gasteiger partial charge in [0.05, 0.1) is 0 Å². The van der Waals surface area contributed by atoms with Crippen molar-refractivity contribution in [3.05, 3.63) is 29.3 Å². The summed E-state index contributed by atoms with van der Waals surface area (Å²) in [5.41, 5.74) is 4.83. The normalized spacial score (nSPS) is 20.1. The maximum atomic E-state index is 14.1. The van der Waals surface area contributed by atoms with Crippen molar-refractivity contribution in [3.8, 4) is 0 Å². The minimum Gasteiger partial charge on any atom is -0.326 e. The molecular weight excluding hydrogens is 300 g/mol. The van der Waals surface area contributed by atoms with E-state index in [1.807, 2.05) is 7.05 Å². The topological polar surface area (TPSA) is 75.4 Å². The lowest BCUT2D eigenvalue weighted by Crippen LogP contribution is -2.38. The van der Waals surface area contributed by atoms with Crippen LogP contribution in [0.1, 0.15) is 18.4 Å². The molecule has 118 valence electrons. The summed E-state index contributed by atoms with van der Waals surface area (Å²) in [6.07, 6.45) is 1.89. The Bertz CT molecular complexity index is 622. The molecule has 1 unspecified atom stereocenters. The van der Waals surface area contributed by atoms with Crippen LogP contribution in [0, 0.1) is 11.6 Å². The number of hydrogen-bond donors (Lipinski definition) is 2. The Labute approximate surface area is 123 Å². The minimum absolute atomic E-state index is 0.0947. The van der Waals surface area contributed by atoms with Crippen LogP contribution in [0.15, 0.2) is 17.0 Å². The van der Waals surface area contributed by atoms with E-state index in [9.17, 15) is 17.2 Å². The lowest BCUT2D eigenvalue weighted by atomic mass is 10.2. The molecule has 1 aromatic rings. The zero-order chi connectivity index (χ0) is 15.6. The highest BCUT2D eigenvalue weighted by Crippen LogP contribution is 2.21. The van der Waals surface area contributed by atoms with Crippen molar-refractivity contribution in [2.45, 2.75) is 30.3 Å². The van der Waals surface area contributed by atoms with Crippen LogP contribution in [0.5, 0.6) is 0 Å². The second kappa shape index (κ2) is 6.35. The number of sulfonamides is 1. The molecular formula is C13H19F2N3O2S. The summed E-state index contributed by atoms with van der Waals surface area (Å²) >= 11 is 0. The van der Waals surface area contributed by atoms with Gasteiger partial charge in [-0.2, -0.15) is 0 Å². The number of benzene rings is 1. The number of halogens is 2. The summed E-state index contributed by atoms with van der Waals surface area (Å²) in [5.74, 6) is -1.96. The molecule has 1 atom stereocenters. The van der Waals surface area contributed by atoms with Gasteiger partial charge in [-0.05, 0) is 38.6 Å². The molecule has 0 radical (unpaired) electrons. The van der Waals surface area contributed by atoms with E-state index in [0.29, 0.717) is 0 Å². The number of likely N-dealkylation sites (tertiary alicyclic amines) is 1. The quantitative estimate of drug-likeness (QED) is 0.842. The van der Waals surface area contributed by atoms with Gasteiger partial charge in [0.15, 0.2) is 5.82 Å². The summed E-state index contributed by atoms with van der Waals surface area (Å²) in [4.78, 5) is 1.49. The maximum Gasteiger partial charge on any atom is 0.243 e. The van der Waals surface area contributed by atoms with Crippen LogP contribution >= 0.6 is 0 Å². The second-order valence-electron chi connectivity index (χ2n) is 5.17. The molecule has 1 heterocycles. The van der Waals surface area contributed by atoms with E-state index in [4.69, 9.17) is 5.73 Å². The molecule has 0 spiro atoms. The van der Waals surface area contributed by atoms with Crippen LogP contribution in [0.4, 0.5) is 8.78 Å². The summed E-state index contributed by atoms with van der Waals surface area (Å²) in [5, 5.41) is 0. The van der Waals surface area contributed by atoms with Crippen molar-refractivity contribution < 1.29 is 17.2 Å². The molecule has 3 N–H and O–H groups in total. The van der Waals surface area contributed by atoms with Gasteiger partial charge < -0.3 is 10.6 Å². The predicted octanol–water partition coefficient (Wildman–Crippen LogP) is 0.796. The Morgan fingerprint density at radius 2 is 2.14 bits per heavy atom. The molecule has 1 saturated heterocycles. The van der Waals surface area contributed by atoms with Gasteiger partial charge in [-0.1, -0.05) is 0 Å². The minimum atomic E-state index is -4.03. The Morgan fingerprint density at radius 3 is 2.71 bits per heavy atom. The molecule has 8 heteroatoms. The smallest absolute Gasteiger partial charge is 0.243 e. The van der Waals surface area contributed by atoms with Crippen molar-refractivity contribution >= 4 is 10.0 Å². The number of hydrogen-bond acceptors (Lipinski definition) is 4. The molecule has 2 rings (SSSR count). The first-order valence-electron chi connectivity index (χ1n) is 6.73. The van der Waals surface area contributed by atoms with E-state index in [-0.39, 0.29) is 12.6 Å². The van der Waals surface area contributed by atoms with Crippen molar-refractivity contribution in [3.63, 3.8) is 0 Å². The number of rotatable bonds is 5. The second-order valence-corrected chi connectivity index (χ2v) is 6.91. The van der Waals surface area contributed by atoms with Crippen molar-refractivity contribution in [1.29, 1.82) is 0 Å². The van der Waals surface area contributed by atoms with Gasteiger partial charge in [0.1, 0.15) is 10.7 Å². The summed E-state index contributed by atoms with van der Waals surface area (Å²) < 4.78 is 54.1. The monoisotopic (exact) mass is 319 g/mol. The molecule has 21 heavy (non-hydrogen) atoms. The lowest BCUT2D eigenvalue weighted by molar-refractivity contribution is 0.310. The van der Waals surface area contributed by atoms with Crippen molar-refractivity contribution in [1.82, 2.24) is 9.62 Å². The van der Waals surface area contributed by atoms with Gasteiger partial charge in [0, 0.05) is 24.7 Å². The first-order valence-corrected chi connectivity index (χ1v) is 8.22. The fourth-order valence-electron chi connectivity index (χ4n) is 2.49. The van der Waals surface area contributed by atoms with E-state index in [1.165, 1.54) is 0 Å². The largest absolute Gasteiger partial charge is 0.326 e. The Morgan fingerprint density at radius 1 is 1.43 bits per heavy atom. The first-order chi connectivity index (χ1) is 9.86. The van der Waals surface area contributed by atoms with Gasteiger partial charge in [-0.25, -0.2) is 21.9 Å². The van der Waals surface area contributed by atoms with Gasteiger partial charge >= 0.3 is 0 Å². The highest BCUT2D eigenvalue weighted by Gasteiger charge is 2.26. The Balaban J connectivity index is 2.20. The molecule has 1 aliphatic rings. The summed E-state index contributed by atoms with van der Waals surface area (Å²) in [7, 11) is -2.11. The van der Waals surface area contributed by atoms with E-state index in [2.05, 4.69) is 9.62 Å². The van der Waals surface area contributed by atoms with Crippen LogP contribution < -0.4 is 10.5 Å². The van der Waals surface area contributed by atoms with Crippen molar-refractivity contribution in [2.24, 2.45) is 5.73 Å². The van der Waals surface area contributed by atoms with Crippen LogP contribution in [-0.2, 0) is 16.6 Å². The molecule has 0 bridgehead atoms. The maximum absolute atomic E-state index is 14.1. The van der Waals surface area contributed by atoms with Gasteiger partial charge in [0.2, 0.25) is 10.0 Å². The summed E-state index contributed by atoms with van der Waals surface area (Å²) in [6.45, 7) is 0.717. The van der Waals surface area contributed by atoms with Gasteiger partial charge in [0.25, 0.3) is 0 Å². The van der Waals surface area contributed by atoms with E-state index < -0.39 is 38.7 Å². The third kappa shape index (κ3) is 3.39. The standard InChI is InChI=1S/C13H19F2N3O2S/c1-18-6-2-3-9(18)8-17-21(19,20)12-5-4-11(14)10(7-16)13(12)15/h4-5,9,17H,2-3,6-8,16H2,1H3. The van der Waals surface area contributed by atoms with Crippen LogP contribution in [0.25, 0.3) is 0 Å². The number of likely N-dealkylation sites (N-methyl/N-ethyl adjacent to an activating group) is 1. The number of nitrogens with one attached hydrogen (secondary N) is 1. The zero-order valence-electron chi connectivity index (χ0n) is 11.8. The Hall–Kier alpha value is -1.09. The molecule has 0 aromatic heterocycles. The number of nitrogens with two attached hydrogens (primary N) is 1. The van der Waals surface area contributed by atoms with Crippen LogP contribution in [0.2, 0.25) is 0 Å². The first kappa shape index (κ1) is 16.3. The average molecular weight is 319 g/mol. The van der Waals surface area contributed by atoms with Gasteiger partial charge in [-0.3, -0.25) is 0 Å². The lowest BCUT2D eigenvalue weighted by Gasteiger charge is -2.20. The summed E-state index contributed by atoms with van der Waals surface area (Å²) in [6, 6.07) is 1.93. The highest BCUT2D eigenvalue weighted by molar-refractivity contribution is 7.89. The van der Waals surface area contributed by atoms with E-state index in [1.54, 1.807) is 0 Å². The SMILES string of the molecule is CN1CCCC1CNS(=O)(=O)c1ccc(F)c(CN)c1F. The van der Waals surface area contributed by atoms with E-state index in [0.717, 1.165) is 31.5 Å². The van der Waals surface area contributed by atoms with Crippen molar-refractivity contribution in [2.75, 3.05) is 20.1 Å².